The largest absolute Gasteiger partial charge is 0.361 e. The van der Waals surface area contributed by atoms with E-state index in [1.165, 1.54) is 12.1 Å². The molecule has 0 unspecified atom stereocenters. The molecule has 0 spiro atoms. The summed E-state index contributed by atoms with van der Waals surface area (Å²) in [5.41, 5.74) is -1.01. The van der Waals surface area contributed by atoms with E-state index in [-0.39, 0.29) is 35.2 Å². The lowest BCUT2D eigenvalue weighted by Crippen LogP contribution is -2.43. The zero-order chi connectivity index (χ0) is 15.3. The van der Waals surface area contributed by atoms with Gasteiger partial charge in [-0.25, -0.2) is 4.98 Å². The van der Waals surface area contributed by atoms with Gasteiger partial charge >= 0.3 is 5.69 Å². The van der Waals surface area contributed by atoms with Crippen molar-refractivity contribution < 1.29 is 9.72 Å². The molecule has 0 aliphatic heterocycles. The second-order valence-electron chi connectivity index (χ2n) is 5.08. The number of carbonyl (C=O) groups excluding carboxylic acids is 1. The van der Waals surface area contributed by atoms with Gasteiger partial charge in [-0.1, -0.05) is 0 Å². The number of aromatic nitrogens is 1. The standard InChI is InChI=1S/C12H15N5O3/c1-12(2,3)16-11(18)7-14-10-5-4-9(17(19)20)8(6-13)15-10/h4-5H,7H2,1-3H3,(H,14,15)(H,16,18). The minimum Gasteiger partial charge on any atom is -0.361 e. The van der Waals surface area contributed by atoms with Crippen LogP contribution in [0, 0.1) is 21.4 Å². The molecule has 20 heavy (non-hydrogen) atoms. The van der Waals surface area contributed by atoms with Crippen LogP contribution in [-0.2, 0) is 4.79 Å². The summed E-state index contributed by atoms with van der Waals surface area (Å²) < 4.78 is 0. The Morgan fingerprint density at radius 1 is 1.50 bits per heavy atom. The molecule has 1 amide bonds. The van der Waals surface area contributed by atoms with E-state index in [0.717, 1.165) is 0 Å². The molecule has 0 aliphatic carbocycles. The molecular weight excluding hydrogens is 262 g/mol. The predicted molar refractivity (Wildman–Crippen MR) is 72.0 cm³/mol. The lowest BCUT2D eigenvalue weighted by Gasteiger charge is -2.20. The topological polar surface area (TPSA) is 121 Å². The summed E-state index contributed by atoms with van der Waals surface area (Å²) in [6.45, 7) is 5.52. The Labute approximate surface area is 116 Å². The highest BCUT2D eigenvalue weighted by Crippen LogP contribution is 2.17. The molecule has 0 radical (unpaired) electrons. The van der Waals surface area contributed by atoms with Crippen molar-refractivity contribution in [3.8, 4) is 6.07 Å². The Kier molecular flexibility index (Phi) is 4.59. The SMILES string of the molecule is CC(C)(C)NC(=O)CNc1ccc([N+](=O)[O-])c(C#N)n1. The maximum atomic E-state index is 11.6. The number of nitrogens with one attached hydrogen (secondary N) is 2. The van der Waals surface area contributed by atoms with Crippen LogP contribution in [-0.4, -0.2) is 27.9 Å². The second-order valence-corrected chi connectivity index (χ2v) is 5.08. The summed E-state index contributed by atoms with van der Waals surface area (Å²) in [6.07, 6.45) is 0. The summed E-state index contributed by atoms with van der Waals surface area (Å²) in [6, 6.07) is 4.18. The summed E-state index contributed by atoms with van der Waals surface area (Å²) in [5, 5.41) is 24.9. The number of amides is 1. The lowest BCUT2D eigenvalue weighted by molar-refractivity contribution is -0.385. The first-order chi connectivity index (χ1) is 9.23. The zero-order valence-electron chi connectivity index (χ0n) is 11.4. The van der Waals surface area contributed by atoms with Crippen LogP contribution in [0.25, 0.3) is 0 Å². The Morgan fingerprint density at radius 2 is 2.15 bits per heavy atom. The minimum absolute atomic E-state index is 0.0348. The zero-order valence-corrected chi connectivity index (χ0v) is 11.4. The van der Waals surface area contributed by atoms with Crippen molar-refractivity contribution in [1.82, 2.24) is 10.3 Å². The van der Waals surface area contributed by atoms with Gasteiger partial charge in [-0.05, 0) is 26.8 Å². The monoisotopic (exact) mass is 277 g/mol. The predicted octanol–water partition coefficient (Wildman–Crippen LogP) is 1.19. The van der Waals surface area contributed by atoms with Gasteiger partial charge in [0, 0.05) is 11.6 Å². The second kappa shape index (κ2) is 5.97. The van der Waals surface area contributed by atoms with Crippen molar-refractivity contribution >= 4 is 17.4 Å². The number of nitriles is 1. The van der Waals surface area contributed by atoms with Gasteiger partial charge in [0.05, 0.1) is 11.5 Å². The minimum atomic E-state index is -0.679. The number of rotatable bonds is 4. The van der Waals surface area contributed by atoms with Gasteiger partial charge in [-0.3, -0.25) is 14.9 Å². The maximum absolute atomic E-state index is 11.6. The molecule has 0 saturated carbocycles. The first-order valence-corrected chi connectivity index (χ1v) is 5.83. The van der Waals surface area contributed by atoms with Gasteiger partial charge in [-0.2, -0.15) is 5.26 Å². The van der Waals surface area contributed by atoms with Crippen molar-refractivity contribution in [1.29, 1.82) is 5.26 Å². The number of hydrogen-bond donors (Lipinski definition) is 2. The van der Waals surface area contributed by atoms with E-state index in [0.29, 0.717) is 0 Å². The molecule has 2 N–H and O–H groups in total. The smallest absolute Gasteiger partial charge is 0.305 e. The van der Waals surface area contributed by atoms with E-state index in [4.69, 9.17) is 5.26 Å². The third-order valence-electron chi connectivity index (χ3n) is 2.12. The molecule has 0 aliphatic rings. The van der Waals surface area contributed by atoms with Crippen LogP contribution in [0.5, 0.6) is 0 Å². The van der Waals surface area contributed by atoms with Crippen molar-refractivity contribution in [2.24, 2.45) is 0 Å². The third kappa shape index (κ3) is 4.53. The molecule has 1 aromatic heterocycles. The van der Waals surface area contributed by atoms with Gasteiger partial charge in [0.15, 0.2) is 0 Å². The normalized spacial score (nSPS) is 10.5. The maximum Gasteiger partial charge on any atom is 0.305 e. The Bertz CT molecular complexity index is 571. The number of nitro groups is 1. The Hall–Kier alpha value is -2.69. The van der Waals surface area contributed by atoms with Gasteiger partial charge in [0.25, 0.3) is 0 Å². The molecule has 0 atom stereocenters. The van der Waals surface area contributed by atoms with E-state index in [9.17, 15) is 14.9 Å². The fourth-order valence-corrected chi connectivity index (χ4v) is 1.41. The summed E-state index contributed by atoms with van der Waals surface area (Å²) in [7, 11) is 0. The highest BCUT2D eigenvalue weighted by molar-refractivity contribution is 5.81. The van der Waals surface area contributed by atoms with E-state index in [2.05, 4.69) is 15.6 Å². The van der Waals surface area contributed by atoms with Crippen LogP contribution >= 0.6 is 0 Å². The van der Waals surface area contributed by atoms with E-state index in [1.54, 1.807) is 6.07 Å². The van der Waals surface area contributed by atoms with Crippen LogP contribution in [0.4, 0.5) is 11.5 Å². The quantitative estimate of drug-likeness (QED) is 0.629. The number of carbonyl (C=O) groups is 1. The molecule has 8 heteroatoms. The molecule has 1 aromatic rings. The van der Waals surface area contributed by atoms with E-state index < -0.39 is 4.92 Å². The van der Waals surface area contributed by atoms with E-state index >= 15 is 0 Å². The Morgan fingerprint density at radius 3 is 2.65 bits per heavy atom. The highest BCUT2D eigenvalue weighted by Gasteiger charge is 2.16. The van der Waals surface area contributed by atoms with Crippen molar-refractivity contribution in [3.63, 3.8) is 0 Å². The molecule has 8 nitrogen and oxygen atoms in total. The summed E-state index contributed by atoms with van der Waals surface area (Å²) in [4.78, 5) is 25.3. The van der Waals surface area contributed by atoms with Gasteiger partial charge < -0.3 is 10.6 Å². The molecule has 0 saturated heterocycles. The van der Waals surface area contributed by atoms with Crippen LogP contribution < -0.4 is 10.6 Å². The summed E-state index contributed by atoms with van der Waals surface area (Å²) in [5.74, 6) is -0.00707. The van der Waals surface area contributed by atoms with Crippen molar-refractivity contribution in [2.45, 2.75) is 26.3 Å². The molecule has 106 valence electrons. The lowest BCUT2D eigenvalue weighted by atomic mass is 10.1. The first-order valence-electron chi connectivity index (χ1n) is 5.83. The molecule has 0 aromatic carbocycles. The van der Waals surface area contributed by atoms with Crippen LogP contribution in [0.2, 0.25) is 0 Å². The number of pyridine rings is 1. The molecule has 1 rings (SSSR count). The average Bonchev–Trinajstić information content (AvgIpc) is 2.33. The van der Waals surface area contributed by atoms with Crippen molar-refractivity contribution in [3.05, 3.63) is 27.9 Å². The van der Waals surface area contributed by atoms with Gasteiger partial charge in [-0.15, -0.1) is 0 Å². The molecule has 0 bridgehead atoms. The number of nitrogens with zero attached hydrogens (tertiary/aromatic N) is 3. The van der Waals surface area contributed by atoms with Crippen LogP contribution in [0.1, 0.15) is 26.5 Å². The molecule has 0 fully saturated rings. The van der Waals surface area contributed by atoms with Crippen LogP contribution in [0.15, 0.2) is 12.1 Å². The third-order valence-corrected chi connectivity index (χ3v) is 2.12. The van der Waals surface area contributed by atoms with Gasteiger partial charge in [0.1, 0.15) is 11.9 Å². The first kappa shape index (κ1) is 15.4. The average molecular weight is 277 g/mol. The van der Waals surface area contributed by atoms with Crippen LogP contribution in [0.3, 0.4) is 0 Å². The van der Waals surface area contributed by atoms with Gasteiger partial charge in [0.2, 0.25) is 11.6 Å². The fraction of sp³-hybridized carbons (Fsp3) is 0.417. The molecule has 1 heterocycles. The highest BCUT2D eigenvalue weighted by atomic mass is 16.6. The molecular formula is C12H15N5O3. The Balaban J connectivity index is 2.73. The summed E-state index contributed by atoms with van der Waals surface area (Å²) >= 11 is 0. The van der Waals surface area contributed by atoms with E-state index in [1.807, 2.05) is 20.8 Å². The number of hydrogen-bond acceptors (Lipinski definition) is 6. The fourth-order valence-electron chi connectivity index (χ4n) is 1.41. The number of anilines is 1. The van der Waals surface area contributed by atoms with Crippen molar-refractivity contribution in [2.75, 3.05) is 11.9 Å².